The molecule has 2 heterocycles. The van der Waals surface area contributed by atoms with Gasteiger partial charge in [0.05, 0.1) is 19.1 Å². The Bertz CT molecular complexity index is 390. The van der Waals surface area contributed by atoms with Gasteiger partial charge in [-0.05, 0) is 32.2 Å². The summed E-state index contributed by atoms with van der Waals surface area (Å²) in [6.45, 7) is 8.84. The van der Waals surface area contributed by atoms with Crippen molar-refractivity contribution in [1.29, 1.82) is 0 Å². The summed E-state index contributed by atoms with van der Waals surface area (Å²) < 4.78 is 1.54. The van der Waals surface area contributed by atoms with E-state index in [4.69, 9.17) is 10.8 Å². The first kappa shape index (κ1) is 18.3. The lowest BCUT2D eigenvalue weighted by molar-refractivity contribution is -0.151. The molecule has 2 rings (SSSR count). The predicted molar refractivity (Wildman–Crippen MR) is 84.6 cm³/mol. The zero-order valence-electron chi connectivity index (χ0n) is 13.1. The van der Waals surface area contributed by atoms with E-state index in [1.54, 1.807) is 4.31 Å². The number of aliphatic hydroxyl groups is 1. The molecule has 2 aliphatic heterocycles. The molecular formula is C14H27N3O3S. The number of nitrogens with zero attached hydrogens (tertiary/aromatic N) is 2. The zero-order valence-corrected chi connectivity index (χ0v) is 14.0. The van der Waals surface area contributed by atoms with Crippen LogP contribution in [0.2, 0.25) is 0 Å². The maximum absolute atomic E-state index is 11.8. The van der Waals surface area contributed by atoms with Crippen LogP contribution in [0.3, 0.4) is 0 Å². The Morgan fingerprint density at radius 3 is 2.43 bits per heavy atom. The van der Waals surface area contributed by atoms with Crippen LogP contribution < -0.4 is 5.73 Å². The van der Waals surface area contributed by atoms with E-state index in [1.807, 2.05) is 0 Å². The van der Waals surface area contributed by atoms with Crippen molar-refractivity contribution in [2.75, 3.05) is 19.6 Å². The third-order valence-electron chi connectivity index (χ3n) is 3.75. The van der Waals surface area contributed by atoms with Crippen molar-refractivity contribution in [3.8, 4) is 0 Å². The monoisotopic (exact) mass is 317 g/mol. The molecule has 0 aromatic rings. The summed E-state index contributed by atoms with van der Waals surface area (Å²) in [5.41, 5.74) is 4.53. The number of carbonyl (C=O) groups is 2. The van der Waals surface area contributed by atoms with Crippen molar-refractivity contribution in [3.05, 3.63) is 0 Å². The summed E-state index contributed by atoms with van der Waals surface area (Å²) in [7, 11) is 0. The summed E-state index contributed by atoms with van der Waals surface area (Å²) >= 11 is 4.12. The second kappa shape index (κ2) is 7.47. The molecule has 0 aliphatic carbocycles. The summed E-state index contributed by atoms with van der Waals surface area (Å²) in [6, 6.07) is 0. The molecule has 122 valence electrons. The smallest absolute Gasteiger partial charge is 0.254 e. The molecule has 2 atom stereocenters. The molecule has 7 heteroatoms. The summed E-state index contributed by atoms with van der Waals surface area (Å²) in [6.07, 6.45) is 1.63. The maximum atomic E-state index is 11.8. The molecule has 2 saturated heterocycles. The second-order valence-corrected chi connectivity index (χ2v) is 6.84. The van der Waals surface area contributed by atoms with Crippen LogP contribution in [0, 0.1) is 5.92 Å². The number of hydrogen-bond acceptors (Lipinski definition) is 5. The van der Waals surface area contributed by atoms with Crippen LogP contribution in [0.5, 0.6) is 0 Å². The Morgan fingerprint density at radius 1 is 1.48 bits per heavy atom. The van der Waals surface area contributed by atoms with Gasteiger partial charge < -0.3 is 10.8 Å². The van der Waals surface area contributed by atoms with Gasteiger partial charge in [-0.1, -0.05) is 26.7 Å². The van der Waals surface area contributed by atoms with Gasteiger partial charge in [0, 0.05) is 6.54 Å². The van der Waals surface area contributed by atoms with Crippen LogP contribution in [0.25, 0.3) is 0 Å². The van der Waals surface area contributed by atoms with Crippen LogP contribution in [0.1, 0.15) is 40.0 Å². The van der Waals surface area contributed by atoms with E-state index in [9.17, 15) is 9.59 Å². The molecule has 0 radical (unpaired) electrons. The highest BCUT2D eigenvalue weighted by Crippen LogP contribution is 2.39. The van der Waals surface area contributed by atoms with E-state index >= 15 is 0 Å². The lowest BCUT2D eigenvalue weighted by Gasteiger charge is -2.49. The van der Waals surface area contributed by atoms with Gasteiger partial charge in [0.1, 0.15) is 5.54 Å². The first-order chi connectivity index (χ1) is 9.69. The van der Waals surface area contributed by atoms with Crippen molar-refractivity contribution < 1.29 is 14.7 Å². The minimum Gasteiger partial charge on any atom is -0.393 e. The molecule has 1 spiro atoms. The van der Waals surface area contributed by atoms with Crippen LogP contribution in [-0.4, -0.2) is 57.4 Å². The van der Waals surface area contributed by atoms with Crippen molar-refractivity contribution >= 4 is 24.6 Å². The molecule has 2 aliphatic rings. The SMILES string of the molecule is CC(C)CN1CCC[C@]12CN(S)C2=O.C[C@@H](O)CC(N)=O. The fraction of sp³-hybridized carbons (Fsp3) is 0.857. The molecule has 0 aromatic carbocycles. The molecule has 0 aromatic heterocycles. The lowest BCUT2D eigenvalue weighted by atomic mass is 9.87. The minimum atomic E-state index is -0.600. The van der Waals surface area contributed by atoms with Crippen LogP contribution >= 0.6 is 12.8 Å². The average Bonchev–Trinajstić information content (AvgIpc) is 2.73. The van der Waals surface area contributed by atoms with Gasteiger partial charge in [0.25, 0.3) is 5.91 Å². The van der Waals surface area contributed by atoms with Crippen molar-refractivity contribution in [3.63, 3.8) is 0 Å². The van der Waals surface area contributed by atoms with Gasteiger partial charge >= 0.3 is 0 Å². The highest BCUT2D eigenvalue weighted by atomic mass is 32.1. The number of hydrogen-bond donors (Lipinski definition) is 3. The van der Waals surface area contributed by atoms with Crippen LogP contribution in [0.4, 0.5) is 0 Å². The number of nitrogens with two attached hydrogens (primary N) is 1. The molecule has 0 unspecified atom stereocenters. The molecule has 0 bridgehead atoms. The van der Waals surface area contributed by atoms with Crippen LogP contribution in [0.15, 0.2) is 0 Å². The topological polar surface area (TPSA) is 86.9 Å². The first-order valence-electron chi connectivity index (χ1n) is 7.41. The number of rotatable bonds is 4. The predicted octanol–water partition coefficient (Wildman–Crippen LogP) is 0.407. The molecule has 0 saturated carbocycles. The van der Waals surface area contributed by atoms with Gasteiger partial charge in [0.2, 0.25) is 5.91 Å². The number of likely N-dealkylation sites (tertiary alicyclic amines) is 1. The molecule has 21 heavy (non-hydrogen) atoms. The largest absolute Gasteiger partial charge is 0.393 e. The quantitative estimate of drug-likeness (QED) is 0.518. The number of β-lactam (4-membered cyclic amide) rings is 1. The van der Waals surface area contributed by atoms with Gasteiger partial charge in [-0.15, -0.1) is 0 Å². The summed E-state index contributed by atoms with van der Waals surface area (Å²) in [4.78, 5) is 24.0. The fourth-order valence-corrected chi connectivity index (χ4v) is 3.31. The normalized spacial score (nSPS) is 26.6. The maximum Gasteiger partial charge on any atom is 0.254 e. The number of carbonyl (C=O) groups excluding carboxylic acids is 2. The van der Waals surface area contributed by atoms with Crippen LogP contribution in [-0.2, 0) is 9.59 Å². The Morgan fingerprint density at radius 2 is 2.10 bits per heavy atom. The first-order valence-corrected chi connectivity index (χ1v) is 7.81. The van der Waals surface area contributed by atoms with E-state index in [0.717, 1.165) is 32.5 Å². The van der Waals surface area contributed by atoms with E-state index in [0.29, 0.717) is 5.92 Å². The van der Waals surface area contributed by atoms with E-state index in [1.165, 1.54) is 6.92 Å². The minimum absolute atomic E-state index is 0.0556. The molecular weight excluding hydrogens is 290 g/mol. The van der Waals surface area contributed by atoms with Crippen molar-refractivity contribution in [2.24, 2.45) is 11.7 Å². The van der Waals surface area contributed by atoms with Gasteiger partial charge in [-0.2, -0.15) is 0 Å². The number of aliphatic hydroxyl groups excluding tert-OH is 1. The number of thiol groups is 1. The Hall–Kier alpha value is -0.790. The number of amides is 2. The highest BCUT2D eigenvalue weighted by molar-refractivity contribution is 7.78. The molecule has 2 fully saturated rings. The number of primary amides is 1. The van der Waals surface area contributed by atoms with E-state index in [2.05, 4.69) is 31.6 Å². The molecule has 6 nitrogen and oxygen atoms in total. The van der Waals surface area contributed by atoms with E-state index < -0.39 is 12.0 Å². The Labute approximate surface area is 132 Å². The second-order valence-electron chi connectivity index (χ2n) is 6.36. The third kappa shape index (κ3) is 4.59. The average molecular weight is 317 g/mol. The summed E-state index contributed by atoms with van der Waals surface area (Å²) in [5.74, 6) is 0.376. The van der Waals surface area contributed by atoms with Gasteiger partial charge in [-0.3, -0.25) is 18.8 Å². The molecule has 3 N–H and O–H groups in total. The standard InChI is InChI=1S/C10H18N2OS.C4H9NO2/c1-8(2)6-11-5-3-4-10(11)7-12(14)9(10)13;1-3(6)2-4(5)7/h8,14H,3-7H2,1-2H3;3,6H,2H2,1H3,(H2,5,7)/t10-;3-/m11/s1. The Balaban J connectivity index is 0.000000270. The van der Waals surface area contributed by atoms with Gasteiger partial charge in [-0.25, -0.2) is 0 Å². The fourth-order valence-electron chi connectivity index (χ4n) is 2.89. The lowest BCUT2D eigenvalue weighted by Crippen LogP contribution is -2.69. The molecule has 2 amide bonds. The van der Waals surface area contributed by atoms with E-state index in [-0.39, 0.29) is 17.9 Å². The van der Waals surface area contributed by atoms with Crippen molar-refractivity contribution in [1.82, 2.24) is 9.21 Å². The van der Waals surface area contributed by atoms with Gasteiger partial charge in [0.15, 0.2) is 0 Å². The highest BCUT2D eigenvalue weighted by Gasteiger charge is 2.57. The zero-order chi connectivity index (χ0) is 16.2. The van der Waals surface area contributed by atoms with Crippen molar-refractivity contribution in [2.45, 2.75) is 51.7 Å². The Kier molecular flexibility index (Phi) is 6.49. The summed E-state index contributed by atoms with van der Waals surface area (Å²) in [5, 5.41) is 8.42. The third-order valence-corrected chi connectivity index (χ3v) is 4.07.